The lowest BCUT2D eigenvalue weighted by Gasteiger charge is -2.28. The molecular weight excluding hydrogens is 454 g/mol. The Labute approximate surface area is 176 Å². The SMILES string of the molecule is C=C(CCC)C1=CCB(O)OC1CC/C(C)=C/c1cc(I)c(O)c(OC)c1. The molecule has 1 heterocycles. The molecule has 0 radical (unpaired) electrons. The van der Waals surface area contributed by atoms with Crippen molar-refractivity contribution >= 4 is 35.8 Å². The number of hydrogen-bond acceptors (Lipinski definition) is 4. The third-order valence-corrected chi connectivity index (χ3v) is 5.47. The predicted molar refractivity (Wildman–Crippen MR) is 120 cm³/mol. The zero-order valence-corrected chi connectivity index (χ0v) is 18.5. The maximum atomic E-state index is 9.97. The molecule has 2 rings (SSSR count). The van der Waals surface area contributed by atoms with Crippen LogP contribution in [0.3, 0.4) is 0 Å². The summed E-state index contributed by atoms with van der Waals surface area (Å²) < 4.78 is 11.8. The maximum absolute atomic E-state index is 9.97. The maximum Gasteiger partial charge on any atom is 0.458 e. The van der Waals surface area contributed by atoms with Gasteiger partial charge in [-0.1, -0.05) is 37.6 Å². The van der Waals surface area contributed by atoms with Crippen LogP contribution in [-0.4, -0.2) is 30.5 Å². The number of allylic oxidation sites excluding steroid dienone is 2. The number of phenolic OH excluding ortho intramolecular Hbond substituents is 1. The highest BCUT2D eigenvalue weighted by Crippen LogP contribution is 2.34. The highest BCUT2D eigenvalue weighted by atomic mass is 127. The van der Waals surface area contributed by atoms with Crippen molar-refractivity contribution in [3.05, 3.63) is 50.6 Å². The molecule has 1 aromatic rings. The van der Waals surface area contributed by atoms with Crippen LogP contribution in [0.2, 0.25) is 6.32 Å². The fraction of sp³-hybridized carbons (Fsp3) is 0.429. The second kappa shape index (κ2) is 10.3. The highest BCUT2D eigenvalue weighted by molar-refractivity contribution is 14.1. The molecular formula is C21H28BIO4. The van der Waals surface area contributed by atoms with E-state index in [-0.39, 0.29) is 11.9 Å². The first-order valence-electron chi connectivity index (χ1n) is 9.31. The Bertz CT molecular complexity index is 742. The van der Waals surface area contributed by atoms with E-state index in [0.717, 1.165) is 46.0 Å². The second-order valence-corrected chi connectivity index (χ2v) is 8.07. The first-order valence-corrected chi connectivity index (χ1v) is 10.4. The lowest BCUT2D eigenvalue weighted by Crippen LogP contribution is -2.31. The van der Waals surface area contributed by atoms with Crippen LogP contribution in [0, 0.1) is 3.57 Å². The summed E-state index contributed by atoms with van der Waals surface area (Å²) in [6.07, 6.45) is 8.19. The number of methoxy groups -OCH3 is 1. The topological polar surface area (TPSA) is 58.9 Å². The van der Waals surface area contributed by atoms with Gasteiger partial charge in [-0.2, -0.15) is 0 Å². The average molecular weight is 482 g/mol. The summed E-state index contributed by atoms with van der Waals surface area (Å²) in [7, 11) is 0.814. The van der Waals surface area contributed by atoms with Crippen molar-refractivity contribution in [1.82, 2.24) is 0 Å². The van der Waals surface area contributed by atoms with Gasteiger partial charge in [0.25, 0.3) is 0 Å². The van der Waals surface area contributed by atoms with E-state index >= 15 is 0 Å². The molecule has 6 heteroatoms. The summed E-state index contributed by atoms with van der Waals surface area (Å²) in [5, 5.41) is 19.8. The Hall–Kier alpha value is -1.25. The van der Waals surface area contributed by atoms with Crippen LogP contribution >= 0.6 is 22.6 Å². The van der Waals surface area contributed by atoms with Gasteiger partial charge >= 0.3 is 7.12 Å². The molecule has 0 spiro atoms. The summed E-state index contributed by atoms with van der Waals surface area (Å²) in [4.78, 5) is 0. The number of ether oxygens (including phenoxy) is 1. The van der Waals surface area contributed by atoms with Gasteiger partial charge in [0, 0.05) is 6.32 Å². The Morgan fingerprint density at radius 3 is 2.85 bits per heavy atom. The quantitative estimate of drug-likeness (QED) is 0.388. The van der Waals surface area contributed by atoms with Gasteiger partial charge in [0.05, 0.1) is 16.8 Å². The average Bonchev–Trinajstić information content (AvgIpc) is 2.63. The molecule has 0 bridgehead atoms. The zero-order chi connectivity index (χ0) is 20.0. The molecule has 0 saturated heterocycles. The van der Waals surface area contributed by atoms with Crippen molar-refractivity contribution in [2.24, 2.45) is 0 Å². The van der Waals surface area contributed by atoms with E-state index in [1.807, 2.05) is 12.1 Å². The molecule has 0 amide bonds. The largest absolute Gasteiger partial charge is 0.504 e. The molecule has 0 saturated carbocycles. The number of hydrogen-bond donors (Lipinski definition) is 2. The summed E-state index contributed by atoms with van der Waals surface area (Å²) in [5.41, 5.74) is 4.43. The van der Waals surface area contributed by atoms with Crippen molar-refractivity contribution < 1.29 is 19.5 Å². The minimum Gasteiger partial charge on any atom is -0.504 e. The normalized spacial score (nSPS) is 17.7. The van der Waals surface area contributed by atoms with Gasteiger partial charge in [0.15, 0.2) is 11.5 Å². The molecule has 1 atom stereocenters. The van der Waals surface area contributed by atoms with E-state index in [9.17, 15) is 10.1 Å². The first-order chi connectivity index (χ1) is 12.8. The standard InChI is InChI=1S/C21H28BIO4/c1-5-6-15(3)17-9-10-22(25)27-19(17)8-7-14(2)11-16-12-18(23)21(24)20(13-16)26-4/h9,11-13,19,24-25H,3,5-8,10H2,1-2,4H3/b14-11+. The summed E-state index contributed by atoms with van der Waals surface area (Å²) in [5.74, 6) is 0.641. The molecule has 4 nitrogen and oxygen atoms in total. The van der Waals surface area contributed by atoms with E-state index in [4.69, 9.17) is 9.39 Å². The summed E-state index contributed by atoms with van der Waals surface area (Å²) in [6.45, 7) is 8.41. The van der Waals surface area contributed by atoms with Gasteiger partial charge < -0.3 is 19.5 Å². The van der Waals surface area contributed by atoms with Gasteiger partial charge in [-0.3, -0.25) is 0 Å². The number of halogens is 1. The van der Waals surface area contributed by atoms with Crippen LogP contribution < -0.4 is 4.74 Å². The smallest absolute Gasteiger partial charge is 0.458 e. The molecule has 0 aromatic heterocycles. The van der Waals surface area contributed by atoms with Crippen LogP contribution in [0.1, 0.15) is 45.1 Å². The molecule has 1 aromatic carbocycles. The van der Waals surface area contributed by atoms with Crippen LogP contribution in [0.15, 0.2) is 41.5 Å². The second-order valence-electron chi connectivity index (χ2n) is 6.91. The third kappa shape index (κ3) is 6.12. The predicted octanol–water partition coefficient (Wildman–Crippen LogP) is 5.35. The van der Waals surface area contributed by atoms with E-state index in [0.29, 0.717) is 12.1 Å². The van der Waals surface area contributed by atoms with Gasteiger partial charge in [-0.15, -0.1) is 0 Å². The minimum atomic E-state index is -0.736. The van der Waals surface area contributed by atoms with Gasteiger partial charge in [0.2, 0.25) is 0 Å². The monoisotopic (exact) mass is 482 g/mol. The molecule has 1 aliphatic rings. The van der Waals surface area contributed by atoms with Crippen LogP contribution in [0.5, 0.6) is 11.5 Å². The molecule has 146 valence electrons. The molecule has 1 aliphatic heterocycles. The zero-order valence-electron chi connectivity index (χ0n) is 16.3. The van der Waals surface area contributed by atoms with Crippen LogP contribution in [0.4, 0.5) is 0 Å². The van der Waals surface area contributed by atoms with Crippen molar-refractivity contribution in [1.29, 1.82) is 0 Å². The van der Waals surface area contributed by atoms with E-state index in [1.165, 1.54) is 5.57 Å². The summed E-state index contributed by atoms with van der Waals surface area (Å²) >= 11 is 2.10. The minimum absolute atomic E-state index is 0.120. The lowest BCUT2D eigenvalue weighted by atomic mass is 9.77. The summed E-state index contributed by atoms with van der Waals surface area (Å²) in [6, 6.07) is 3.76. The number of rotatable bonds is 8. The lowest BCUT2D eigenvalue weighted by molar-refractivity contribution is 0.183. The Balaban J connectivity index is 2.09. The molecule has 1 unspecified atom stereocenters. The molecule has 0 aliphatic carbocycles. The Morgan fingerprint density at radius 2 is 2.19 bits per heavy atom. The number of benzene rings is 1. The highest BCUT2D eigenvalue weighted by Gasteiger charge is 2.27. The molecule has 27 heavy (non-hydrogen) atoms. The number of aromatic hydroxyl groups is 1. The fourth-order valence-electron chi connectivity index (χ4n) is 3.27. The Morgan fingerprint density at radius 1 is 1.44 bits per heavy atom. The number of phenols is 1. The van der Waals surface area contributed by atoms with Crippen molar-refractivity contribution in [3.63, 3.8) is 0 Å². The van der Waals surface area contributed by atoms with Crippen LogP contribution in [0.25, 0.3) is 6.08 Å². The van der Waals surface area contributed by atoms with Gasteiger partial charge in [0.1, 0.15) is 0 Å². The van der Waals surface area contributed by atoms with E-state index in [2.05, 4.69) is 55.2 Å². The molecule has 2 N–H and O–H groups in total. The van der Waals surface area contributed by atoms with E-state index in [1.54, 1.807) is 7.11 Å². The van der Waals surface area contributed by atoms with Gasteiger partial charge in [-0.05, 0) is 77.6 Å². The Kier molecular flexibility index (Phi) is 8.44. The third-order valence-electron chi connectivity index (χ3n) is 4.65. The van der Waals surface area contributed by atoms with Crippen LogP contribution in [-0.2, 0) is 4.65 Å². The van der Waals surface area contributed by atoms with E-state index < -0.39 is 7.12 Å². The fourth-order valence-corrected chi connectivity index (χ4v) is 3.89. The van der Waals surface area contributed by atoms with Crippen molar-refractivity contribution in [2.75, 3.05) is 7.11 Å². The van der Waals surface area contributed by atoms with Gasteiger partial charge in [-0.25, -0.2) is 0 Å². The molecule has 0 fully saturated rings. The first kappa shape index (κ1) is 22.0. The van der Waals surface area contributed by atoms with Crippen molar-refractivity contribution in [3.8, 4) is 11.5 Å². The van der Waals surface area contributed by atoms with Crippen molar-refractivity contribution in [2.45, 2.75) is 52.0 Å².